The normalized spacial score (nSPS) is 14.8. The molecule has 12 aromatic rings. The minimum atomic E-state index is -0.485. The number of fused-ring (bicyclic) bond motifs is 3. The zero-order chi connectivity index (χ0) is 90.2. The summed E-state index contributed by atoms with van der Waals surface area (Å²) in [6.07, 6.45) is -0.742. The fourth-order valence-electron chi connectivity index (χ4n) is 14.3. The molecule has 15 rings (SSSR count). The highest BCUT2D eigenvalue weighted by Crippen LogP contribution is 2.51. The number of carbonyl (C=O) groups is 3. The van der Waals surface area contributed by atoms with Gasteiger partial charge in [0.1, 0.15) is 94.0 Å². The number of rotatable bonds is 21. The van der Waals surface area contributed by atoms with Crippen LogP contribution in [0.2, 0.25) is 0 Å². The lowest BCUT2D eigenvalue weighted by Crippen LogP contribution is -2.53. The fraction of sp³-hybridized carbons (Fsp3) is 0.360. The van der Waals surface area contributed by atoms with Gasteiger partial charge in [-0.3, -0.25) is 14.7 Å². The fourth-order valence-corrected chi connectivity index (χ4v) is 17.8. The second-order valence-corrected chi connectivity index (χ2v) is 38.1. The van der Waals surface area contributed by atoms with Crippen molar-refractivity contribution in [2.24, 2.45) is 0 Å². The lowest BCUT2D eigenvalue weighted by Gasteiger charge is -2.38. The SMILES string of the molecule is Cc1ccc(-c2sc3cc(O)ccc3c2Oc2ccc(OCC(C)N3CCN(C(=O)OC(C)(C)C)CC3)cc2)cc1.Cc1ccc(-c2sc3cc(O)ccc3c2Oc2ccc(OC[C@@H](C)N3CCN(C(=O)OC(C)(C)C)CC3)cc2)cc1.Cc1ccc(-c2sc3cc(O)ccc3c2Oc2ccc(OC[C@H](C)N3CCN(C(=O)OC(C)(C)C)CC3)cc2)cc1.FC=S. The molecule has 3 aromatic heterocycles. The lowest BCUT2D eigenvalue weighted by atomic mass is 10.1. The van der Waals surface area contributed by atoms with Crippen LogP contribution in [0.3, 0.4) is 0 Å². The zero-order valence-corrected chi connectivity index (χ0v) is 77.7. The van der Waals surface area contributed by atoms with Crippen LogP contribution >= 0.6 is 46.2 Å². The van der Waals surface area contributed by atoms with E-state index >= 15 is 0 Å². The summed E-state index contributed by atoms with van der Waals surface area (Å²) in [5, 5.41) is 33.0. The van der Waals surface area contributed by atoms with E-state index in [2.05, 4.69) is 141 Å². The van der Waals surface area contributed by atoms with Gasteiger partial charge < -0.3 is 72.7 Å². The summed E-state index contributed by atoms with van der Waals surface area (Å²) in [4.78, 5) is 52.4. The highest BCUT2D eigenvalue weighted by molar-refractivity contribution is 7.78. The molecule has 0 radical (unpaired) electrons. The molecular formula is C100H115FN6O15S4. The number of phenolic OH excluding ortho intramolecular Hbond substituents is 3. The average molecular weight is 1790 g/mol. The number of amides is 3. The number of ether oxygens (including phenoxy) is 9. The molecule has 3 aliphatic heterocycles. The van der Waals surface area contributed by atoms with Crippen LogP contribution in [-0.4, -0.2) is 202 Å². The largest absolute Gasteiger partial charge is 0.508 e. The van der Waals surface area contributed by atoms with Crippen molar-refractivity contribution in [2.45, 2.75) is 139 Å². The van der Waals surface area contributed by atoms with Crippen LogP contribution in [0.5, 0.6) is 69.0 Å². The monoisotopic (exact) mass is 1790 g/mol. The van der Waals surface area contributed by atoms with Crippen LogP contribution < -0.4 is 28.4 Å². The number of benzene rings is 9. The Morgan fingerprint density at radius 1 is 0.357 bits per heavy atom. The molecule has 126 heavy (non-hydrogen) atoms. The van der Waals surface area contributed by atoms with Crippen molar-refractivity contribution in [3.05, 3.63) is 217 Å². The van der Waals surface area contributed by atoms with E-state index in [9.17, 15) is 34.1 Å². The topological polar surface area (TPSA) is 214 Å². The van der Waals surface area contributed by atoms with Gasteiger partial charge in [-0.1, -0.05) is 102 Å². The van der Waals surface area contributed by atoms with Gasteiger partial charge in [0.15, 0.2) is 17.2 Å². The van der Waals surface area contributed by atoms with Gasteiger partial charge in [0, 0.05) is 127 Å². The van der Waals surface area contributed by atoms with Crippen molar-refractivity contribution < 1.29 is 76.7 Å². The zero-order valence-electron chi connectivity index (χ0n) is 74.4. The Kier molecular flexibility index (Phi) is 31.6. The first-order valence-corrected chi connectivity index (χ1v) is 45.4. The predicted molar refractivity (Wildman–Crippen MR) is 508 cm³/mol. The van der Waals surface area contributed by atoms with Crippen molar-refractivity contribution in [2.75, 3.05) is 98.4 Å². The van der Waals surface area contributed by atoms with E-state index in [0.29, 0.717) is 76.3 Å². The highest BCUT2D eigenvalue weighted by Gasteiger charge is 2.33. The Morgan fingerprint density at radius 3 is 0.786 bits per heavy atom. The molecule has 0 aliphatic carbocycles. The number of thiocarbonyl (C=S) groups is 1. The molecule has 3 aliphatic rings. The third kappa shape index (κ3) is 26.2. The first-order valence-electron chi connectivity index (χ1n) is 42.5. The molecule has 0 saturated carbocycles. The number of nitrogens with zero attached hydrogens (tertiary/aromatic N) is 6. The molecule has 26 heteroatoms. The molecule has 666 valence electrons. The van der Waals surface area contributed by atoms with Gasteiger partial charge in [0.05, 0.1) is 14.6 Å². The third-order valence-corrected chi connectivity index (χ3v) is 24.7. The molecule has 21 nitrogen and oxygen atoms in total. The Hall–Kier alpha value is -11.2. The summed E-state index contributed by atoms with van der Waals surface area (Å²) in [7, 11) is 0. The molecule has 3 amide bonds. The second kappa shape index (κ2) is 42.4. The highest BCUT2D eigenvalue weighted by atomic mass is 32.1. The van der Waals surface area contributed by atoms with Crippen molar-refractivity contribution in [1.29, 1.82) is 0 Å². The van der Waals surface area contributed by atoms with E-state index in [1.807, 2.05) is 153 Å². The van der Waals surface area contributed by atoms with Gasteiger partial charge in [0.25, 0.3) is 0 Å². The number of hydrogen-bond acceptors (Lipinski definition) is 22. The van der Waals surface area contributed by atoms with Crippen LogP contribution in [0, 0.1) is 20.8 Å². The molecular weight excluding hydrogens is 1670 g/mol. The van der Waals surface area contributed by atoms with E-state index in [1.165, 1.54) is 16.7 Å². The molecule has 0 spiro atoms. The maximum atomic E-state index is 12.4. The summed E-state index contributed by atoms with van der Waals surface area (Å²) in [6, 6.07) is 64.9. The van der Waals surface area contributed by atoms with Crippen LogP contribution in [-0.2, 0) is 14.2 Å². The molecule has 3 fully saturated rings. The van der Waals surface area contributed by atoms with Crippen LogP contribution in [0.15, 0.2) is 200 Å². The number of thiophene rings is 3. The van der Waals surface area contributed by atoms with Gasteiger partial charge in [0.2, 0.25) is 0 Å². The number of phenols is 3. The number of aromatic hydroxyl groups is 3. The van der Waals surface area contributed by atoms with Gasteiger partial charge in [-0.25, -0.2) is 18.8 Å². The van der Waals surface area contributed by atoms with Crippen molar-refractivity contribution >= 4 is 100 Å². The van der Waals surface area contributed by atoms with E-state index in [1.54, 1.807) is 85.1 Å². The summed E-state index contributed by atoms with van der Waals surface area (Å²) >= 11 is 8.42. The number of hydrogen-bond donors (Lipinski definition) is 3. The molecule has 6 heterocycles. The van der Waals surface area contributed by atoms with Crippen molar-refractivity contribution in [1.82, 2.24) is 29.4 Å². The quantitative estimate of drug-likeness (QED) is 0.0346. The summed E-state index contributed by atoms with van der Waals surface area (Å²) in [5.41, 5.74) is 5.45. The van der Waals surface area contributed by atoms with Crippen LogP contribution in [0.25, 0.3) is 61.6 Å². The van der Waals surface area contributed by atoms with Crippen molar-refractivity contribution in [3.8, 4) is 100 Å². The van der Waals surface area contributed by atoms with E-state index < -0.39 is 16.8 Å². The minimum absolute atomic E-state index is 0.0833. The van der Waals surface area contributed by atoms with Gasteiger partial charge >= 0.3 is 18.3 Å². The maximum Gasteiger partial charge on any atom is 0.410 e. The standard InChI is InChI=1S/3C33H38N2O5S.CHFS/c3*1-22-6-8-24(9-7-22)31-30(28-15-10-25(36)20-29(28)41-31)39-27-13-11-26(12-14-27)38-21-23(2)34-16-18-35(19-17-34)32(37)40-33(3,4)5;2-1-3/h3*6-15,20,23,36H,16-19,21H2,1-5H3;1H/t2*23-;;/m10../s1. The molecule has 3 atom stereocenters. The molecule has 1 unspecified atom stereocenters. The lowest BCUT2D eigenvalue weighted by molar-refractivity contribution is 0.00797. The Morgan fingerprint density at radius 2 is 0.571 bits per heavy atom. The summed E-state index contributed by atoms with van der Waals surface area (Å²) in [5.74, 6) is 7.51. The van der Waals surface area contributed by atoms with Crippen LogP contribution in [0.4, 0.5) is 18.8 Å². The van der Waals surface area contributed by atoms with E-state index in [4.69, 9.17) is 42.6 Å². The molecule has 0 bridgehead atoms. The first-order chi connectivity index (χ1) is 60.1. The Labute approximate surface area is 755 Å². The third-order valence-electron chi connectivity index (χ3n) is 21.2. The molecule has 3 saturated heterocycles. The smallest absolute Gasteiger partial charge is 0.410 e. The number of carbonyl (C=O) groups excluding carboxylic acids is 3. The van der Waals surface area contributed by atoms with Crippen molar-refractivity contribution in [3.63, 3.8) is 0 Å². The second-order valence-electron chi connectivity index (χ2n) is 34.7. The van der Waals surface area contributed by atoms with E-state index in [0.717, 1.165) is 135 Å². The van der Waals surface area contributed by atoms with Gasteiger partial charge in [-0.15, -0.1) is 34.0 Å². The van der Waals surface area contributed by atoms with E-state index in [-0.39, 0.29) is 59.3 Å². The Bertz CT molecular complexity index is 5070. The summed E-state index contributed by atoms with van der Waals surface area (Å²) < 4.78 is 67.1. The van der Waals surface area contributed by atoms with Crippen LogP contribution in [0.1, 0.15) is 99.8 Å². The first kappa shape index (κ1) is 93.9. The summed E-state index contributed by atoms with van der Waals surface area (Å²) in [6.45, 7) is 39.8. The minimum Gasteiger partial charge on any atom is -0.508 e. The number of aryl methyl sites for hydroxylation is 3. The number of halogens is 1. The number of piperazine rings is 3. The Balaban J connectivity index is 0.000000169. The maximum absolute atomic E-state index is 12.4. The predicted octanol–water partition coefficient (Wildman–Crippen LogP) is 24.0. The van der Waals surface area contributed by atoms with Gasteiger partial charge in [-0.05, 0) is 248 Å². The average Bonchev–Trinajstić information content (AvgIpc) is 1.64. The molecule has 9 aromatic carbocycles. The molecule has 3 N–H and O–H groups in total. The van der Waals surface area contributed by atoms with Gasteiger partial charge in [-0.2, -0.15) is 0 Å².